The number of anilines is 1. The third-order valence-corrected chi connectivity index (χ3v) is 7.29. The Balaban J connectivity index is 1.87. The second-order valence-electron chi connectivity index (χ2n) is 8.74. The van der Waals surface area contributed by atoms with Crippen molar-refractivity contribution >= 4 is 27.9 Å². The summed E-state index contributed by atoms with van der Waals surface area (Å²) in [6.45, 7) is 2.12. The van der Waals surface area contributed by atoms with E-state index in [4.69, 9.17) is 5.11 Å². The molecule has 4 rings (SSSR count). The van der Waals surface area contributed by atoms with Gasteiger partial charge in [0.05, 0.1) is 11.6 Å². The third kappa shape index (κ3) is 5.75. The Morgan fingerprint density at radius 3 is 2.38 bits per heavy atom. The molecule has 1 unspecified atom stereocenters. The molecule has 0 saturated heterocycles. The number of halogens is 5. The molecule has 12 heteroatoms. The number of rotatable bonds is 7. The summed E-state index contributed by atoms with van der Waals surface area (Å²) in [5, 5.41) is 8.84. The van der Waals surface area contributed by atoms with Crippen LogP contribution in [0.1, 0.15) is 40.8 Å². The number of carboxylic acid groups (broad SMARTS) is 1. The van der Waals surface area contributed by atoms with Gasteiger partial charge in [0.2, 0.25) is 0 Å². The molecule has 1 N–H and O–H groups in total. The number of aryl methyl sites for hydroxylation is 1. The fraction of sp³-hybridized carbons (Fsp3) is 0.222. The maximum Gasteiger partial charge on any atom is 0.534 e. The SMILES string of the molecule is CCc1ccccc1N1CCc2cc(OS(=O)(=O)C(F)(F)F)ccc2C1c1c(F)cc(C=CC(=O)O)cc1F. The fourth-order valence-corrected chi connectivity index (χ4v) is 5.07. The van der Waals surface area contributed by atoms with Crippen LogP contribution in [-0.4, -0.2) is 31.5 Å². The molecule has 206 valence electrons. The van der Waals surface area contributed by atoms with Gasteiger partial charge in [-0.15, -0.1) is 0 Å². The molecule has 0 radical (unpaired) electrons. The smallest absolute Gasteiger partial charge is 0.478 e. The number of nitrogens with zero attached hydrogens (tertiary/aromatic N) is 1. The van der Waals surface area contributed by atoms with E-state index in [2.05, 4.69) is 4.18 Å². The first-order valence-corrected chi connectivity index (χ1v) is 13.1. The number of para-hydroxylation sites is 1. The van der Waals surface area contributed by atoms with Gasteiger partial charge in [-0.1, -0.05) is 31.2 Å². The molecule has 3 aromatic rings. The molecule has 0 fully saturated rings. The van der Waals surface area contributed by atoms with E-state index in [1.807, 2.05) is 19.1 Å². The Kier molecular flexibility index (Phi) is 7.69. The van der Waals surface area contributed by atoms with Crippen LogP contribution in [-0.2, 0) is 27.8 Å². The minimum Gasteiger partial charge on any atom is -0.478 e. The molecule has 1 atom stereocenters. The molecule has 39 heavy (non-hydrogen) atoms. The average Bonchev–Trinajstić information content (AvgIpc) is 2.86. The zero-order valence-electron chi connectivity index (χ0n) is 20.4. The number of hydrogen-bond donors (Lipinski definition) is 1. The lowest BCUT2D eigenvalue weighted by Gasteiger charge is -2.40. The second-order valence-corrected chi connectivity index (χ2v) is 10.3. The van der Waals surface area contributed by atoms with E-state index in [9.17, 15) is 26.4 Å². The van der Waals surface area contributed by atoms with E-state index in [0.29, 0.717) is 23.2 Å². The van der Waals surface area contributed by atoms with E-state index in [1.54, 1.807) is 17.0 Å². The monoisotopic (exact) mass is 567 g/mol. The summed E-state index contributed by atoms with van der Waals surface area (Å²) in [4.78, 5) is 12.6. The predicted molar refractivity (Wildman–Crippen MR) is 134 cm³/mol. The number of carboxylic acids is 1. The van der Waals surface area contributed by atoms with Gasteiger partial charge in [-0.05, 0) is 71.5 Å². The van der Waals surface area contributed by atoms with Gasteiger partial charge in [-0.2, -0.15) is 21.6 Å². The highest BCUT2D eigenvalue weighted by Crippen LogP contribution is 2.43. The van der Waals surface area contributed by atoms with Crippen LogP contribution in [0.2, 0.25) is 0 Å². The number of alkyl halides is 3. The summed E-state index contributed by atoms with van der Waals surface area (Å²) in [5.41, 5.74) is -3.72. The molecule has 0 amide bonds. The van der Waals surface area contributed by atoms with Gasteiger partial charge in [0.25, 0.3) is 0 Å². The third-order valence-electron chi connectivity index (χ3n) is 6.31. The lowest BCUT2D eigenvalue weighted by molar-refractivity contribution is -0.131. The van der Waals surface area contributed by atoms with Crippen molar-refractivity contribution in [3.8, 4) is 5.75 Å². The van der Waals surface area contributed by atoms with Crippen molar-refractivity contribution in [2.75, 3.05) is 11.4 Å². The maximum absolute atomic E-state index is 15.5. The van der Waals surface area contributed by atoms with Crippen LogP contribution in [0, 0.1) is 11.6 Å². The van der Waals surface area contributed by atoms with Crippen LogP contribution in [0.4, 0.5) is 27.6 Å². The number of fused-ring (bicyclic) bond motifs is 1. The first-order chi connectivity index (χ1) is 18.3. The summed E-state index contributed by atoms with van der Waals surface area (Å²) in [5.74, 6) is -3.80. The number of benzene rings is 3. The summed E-state index contributed by atoms with van der Waals surface area (Å²) in [7, 11) is -5.91. The van der Waals surface area contributed by atoms with Crippen LogP contribution in [0.5, 0.6) is 5.75 Å². The standard InChI is InChI=1S/C27H22F5NO5S/c1-2-17-5-3-4-6-23(17)33-12-11-18-15-19(38-39(36,37)27(30,31)32)8-9-20(18)26(33)25-21(28)13-16(14-22(25)29)7-10-24(34)35/h3-10,13-15,26H,2,11-12H2,1H3,(H,34,35). The minimum absolute atomic E-state index is 0.0196. The molecule has 0 saturated carbocycles. The van der Waals surface area contributed by atoms with Crippen LogP contribution in [0.25, 0.3) is 6.08 Å². The Labute approximate surface area is 221 Å². The van der Waals surface area contributed by atoms with E-state index >= 15 is 8.78 Å². The number of carbonyl (C=O) groups is 1. The highest BCUT2D eigenvalue weighted by molar-refractivity contribution is 7.88. The van der Waals surface area contributed by atoms with Crippen LogP contribution in [0.3, 0.4) is 0 Å². The van der Waals surface area contributed by atoms with E-state index < -0.39 is 45.0 Å². The van der Waals surface area contributed by atoms with Crippen molar-refractivity contribution in [3.63, 3.8) is 0 Å². The molecule has 1 aliphatic rings. The average molecular weight is 568 g/mol. The molecule has 0 aromatic heterocycles. The van der Waals surface area contributed by atoms with E-state index in [-0.39, 0.29) is 24.1 Å². The quantitative estimate of drug-likeness (QED) is 0.163. The first-order valence-electron chi connectivity index (χ1n) is 11.7. The number of aliphatic carboxylic acids is 1. The summed E-state index contributed by atoms with van der Waals surface area (Å²) >= 11 is 0. The number of hydrogen-bond acceptors (Lipinski definition) is 5. The molecule has 3 aromatic carbocycles. The van der Waals surface area contributed by atoms with E-state index in [0.717, 1.165) is 42.0 Å². The van der Waals surface area contributed by atoms with Crippen molar-refractivity contribution in [2.45, 2.75) is 31.3 Å². The topological polar surface area (TPSA) is 83.9 Å². The van der Waals surface area contributed by atoms with Crippen molar-refractivity contribution in [1.29, 1.82) is 0 Å². The van der Waals surface area contributed by atoms with Crippen LogP contribution in [0.15, 0.2) is 60.7 Å². The Morgan fingerprint density at radius 2 is 1.77 bits per heavy atom. The van der Waals surface area contributed by atoms with Gasteiger partial charge >= 0.3 is 21.6 Å². The molecule has 0 spiro atoms. The minimum atomic E-state index is -5.91. The van der Waals surface area contributed by atoms with Gasteiger partial charge in [-0.25, -0.2) is 13.6 Å². The molecule has 1 heterocycles. The Hall–Kier alpha value is -3.93. The molecule has 1 aliphatic heterocycles. The first kappa shape index (κ1) is 28.1. The Bertz CT molecular complexity index is 1530. The van der Waals surface area contributed by atoms with Gasteiger partial charge in [0.15, 0.2) is 0 Å². The highest BCUT2D eigenvalue weighted by atomic mass is 32.2. The summed E-state index contributed by atoms with van der Waals surface area (Å²) < 4.78 is 96.8. The zero-order chi connectivity index (χ0) is 28.5. The van der Waals surface area contributed by atoms with Crippen molar-refractivity contribution < 1.29 is 44.5 Å². The lowest BCUT2D eigenvalue weighted by atomic mass is 9.86. The fourth-order valence-electron chi connectivity index (χ4n) is 4.62. The lowest BCUT2D eigenvalue weighted by Crippen LogP contribution is -2.38. The van der Waals surface area contributed by atoms with Crippen LogP contribution >= 0.6 is 0 Å². The molecular weight excluding hydrogens is 545 g/mol. The van der Waals surface area contributed by atoms with Crippen molar-refractivity contribution in [3.05, 3.63) is 100 Å². The van der Waals surface area contributed by atoms with Gasteiger partial charge in [0.1, 0.15) is 17.4 Å². The zero-order valence-corrected chi connectivity index (χ0v) is 21.2. The van der Waals surface area contributed by atoms with Crippen LogP contribution < -0.4 is 9.08 Å². The summed E-state index contributed by atoms with van der Waals surface area (Å²) in [6.07, 6.45) is 2.61. The van der Waals surface area contributed by atoms with Crippen molar-refractivity contribution in [1.82, 2.24) is 0 Å². The summed E-state index contributed by atoms with van der Waals surface area (Å²) in [6, 6.07) is 11.6. The molecule has 0 bridgehead atoms. The van der Waals surface area contributed by atoms with Gasteiger partial charge in [0, 0.05) is 18.3 Å². The Morgan fingerprint density at radius 1 is 1.10 bits per heavy atom. The molecule has 6 nitrogen and oxygen atoms in total. The van der Waals surface area contributed by atoms with E-state index in [1.165, 1.54) is 6.07 Å². The second kappa shape index (κ2) is 10.7. The molecular formula is C27H22F5NO5S. The normalized spacial score (nSPS) is 15.8. The largest absolute Gasteiger partial charge is 0.534 e. The van der Waals surface area contributed by atoms with Gasteiger partial charge < -0.3 is 14.2 Å². The highest BCUT2D eigenvalue weighted by Gasteiger charge is 2.48. The van der Waals surface area contributed by atoms with Crippen molar-refractivity contribution in [2.24, 2.45) is 0 Å². The maximum atomic E-state index is 15.5. The predicted octanol–water partition coefficient (Wildman–Crippen LogP) is 6.01. The molecule has 0 aliphatic carbocycles. The van der Waals surface area contributed by atoms with Gasteiger partial charge in [-0.3, -0.25) is 0 Å².